The van der Waals surface area contributed by atoms with Crippen LogP contribution in [0, 0.1) is 0 Å². The molecule has 3 rings (SSSR count). The van der Waals surface area contributed by atoms with Gasteiger partial charge >= 0.3 is 0 Å². The maximum Gasteiger partial charge on any atom is 0.268 e. The Kier molecular flexibility index (Phi) is 1.76. The molecule has 0 saturated carbocycles. The highest BCUT2D eigenvalue weighted by Crippen LogP contribution is 2.27. The van der Waals surface area contributed by atoms with Crippen molar-refractivity contribution in [2.24, 2.45) is 0 Å². The van der Waals surface area contributed by atoms with Gasteiger partial charge in [0.25, 0.3) is 5.91 Å². The Balaban J connectivity index is 2.35. The van der Waals surface area contributed by atoms with Crippen LogP contribution in [0.3, 0.4) is 0 Å². The van der Waals surface area contributed by atoms with Crippen LogP contribution in [-0.2, 0) is 6.42 Å². The Bertz CT molecular complexity index is 559. The molecule has 1 amide bonds. The highest BCUT2D eigenvalue weighted by atomic mass is 35.5. The smallest absolute Gasteiger partial charge is 0.268 e. The molecule has 0 bridgehead atoms. The van der Waals surface area contributed by atoms with Crippen molar-refractivity contribution in [2.45, 2.75) is 6.42 Å². The number of benzene rings is 1. The molecule has 1 aliphatic rings. The maximum atomic E-state index is 11.6. The van der Waals surface area contributed by atoms with Gasteiger partial charge in [0, 0.05) is 22.5 Å². The van der Waals surface area contributed by atoms with E-state index in [-0.39, 0.29) is 5.91 Å². The molecule has 2 heterocycles. The van der Waals surface area contributed by atoms with E-state index in [0.717, 1.165) is 22.9 Å². The van der Waals surface area contributed by atoms with Crippen LogP contribution in [0.1, 0.15) is 16.1 Å². The normalized spacial score (nSPS) is 15.1. The summed E-state index contributed by atoms with van der Waals surface area (Å²) in [5.74, 6) is -0.0245. The third kappa shape index (κ3) is 1.23. The molecule has 76 valence electrons. The Morgan fingerprint density at radius 1 is 1.33 bits per heavy atom. The van der Waals surface area contributed by atoms with Crippen LogP contribution in [0.5, 0.6) is 0 Å². The maximum absolute atomic E-state index is 11.6. The lowest BCUT2D eigenvalue weighted by Crippen LogP contribution is -2.31. The van der Waals surface area contributed by atoms with Crippen LogP contribution >= 0.6 is 11.6 Å². The monoisotopic (exact) mass is 220 g/mol. The van der Waals surface area contributed by atoms with Crippen molar-refractivity contribution in [2.75, 3.05) is 6.54 Å². The van der Waals surface area contributed by atoms with E-state index < -0.39 is 0 Å². The second kappa shape index (κ2) is 3.00. The zero-order chi connectivity index (χ0) is 10.4. The first-order valence-electron chi connectivity index (χ1n) is 4.84. The van der Waals surface area contributed by atoms with Gasteiger partial charge in [-0.05, 0) is 24.1 Å². The number of rotatable bonds is 0. The van der Waals surface area contributed by atoms with Crippen LogP contribution in [0.4, 0.5) is 0 Å². The average Bonchev–Trinajstić information content (AvgIpc) is 2.57. The Hall–Kier alpha value is -1.48. The lowest BCUT2D eigenvalue weighted by atomic mass is 10.0. The van der Waals surface area contributed by atoms with Gasteiger partial charge in [0.05, 0.1) is 0 Å². The van der Waals surface area contributed by atoms with E-state index >= 15 is 0 Å². The zero-order valence-corrected chi connectivity index (χ0v) is 8.69. The number of amides is 1. The summed E-state index contributed by atoms with van der Waals surface area (Å²) < 4.78 is 0. The van der Waals surface area contributed by atoms with Gasteiger partial charge < -0.3 is 10.3 Å². The quantitative estimate of drug-likeness (QED) is 0.702. The number of aromatic nitrogens is 1. The molecular formula is C11H9ClN2O. The molecule has 1 aliphatic heterocycles. The van der Waals surface area contributed by atoms with E-state index in [4.69, 9.17) is 11.6 Å². The number of fused-ring (bicyclic) bond motifs is 3. The zero-order valence-electron chi connectivity index (χ0n) is 7.93. The third-order valence-electron chi connectivity index (χ3n) is 2.76. The second-order valence-electron chi connectivity index (χ2n) is 3.67. The van der Waals surface area contributed by atoms with E-state index in [2.05, 4.69) is 10.3 Å². The number of nitrogens with one attached hydrogen (secondary N) is 2. The second-order valence-corrected chi connectivity index (χ2v) is 4.11. The molecule has 0 aliphatic carbocycles. The van der Waals surface area contributed by atoms with Crippen molar-refractivity contribution in [3.63, 3.8) is 0 Å². The number of carbonyl (C=O) groups excluding carboxylic acids is 1. The van der Waals surface area contributed by atoms with Crippen molar-refractivity contribution in [3.8, 4) is 0 Å². The Labute approximate surface area is 91.4 Å². The van der Waals surface area contributed by atoms with Gasteiger partial charge in [-0.25, -0.2) is 0 Å². The van der Waals surface area contributed by atoms with Crippen LogP contribution in [-0.4, -0.2) is 17.4 Å². The van der Waals surface area contributed by atoms with E-state index in [1.807, 2.05) is 18.2 Å². The minimum Gasteiger partial charge on any atom is -0.350 e. The molecule has 0 spiro atoms. The summed E-state index contributed by atoms with van der Waals surface area (Å²) in [4.78, 5) is 14.7. The fourth-order valence-electron chi connectivity index (χ4n) is 2.07. The molecule has 0 unspecified atom stereocenters. The molecular weight excluding hydrogens is 212 g/mol. The predicted molar refractivity (Wildman–Crippen MR) is 59.3 cm³/mol. The Morgan fingerprint density at radius 2 is 2.20 bits per heavy atom. The molecule has 0 radical (unpaired) electrons. The molecule has 2 N–H and O–H groups in total. The van der Waals surface area contributed by atoms with Crippen molar-refractivity contribution < 1.29 is 4.79 Å². The van der Waals surface area contributed by atoms with Gasteiger partial charge in [0.1, 0.15) is 5.69 Å². The fraction of sp³-hybridized carbons (Fsp3) is 0.182. The van der Waals surface area contributed by atoms with Gasteiger partial charge in [-0.3, -0.25) is 4.79 Å². The first kappa shape index (κ1) is 8.80. The standard InChI is InChI=1S/C11H9ClN2O/c12-6-1-2-7-8-3-4-13-11(15)10(8)14-9(7)5-6/h1-2,5,14H,3-4H2,(H,13,15). The number of hydrogen-bond donors (Lipinski definition) is 2. The summed E-state index contributed by atoms with van der Waals surface area (Å²) in [5, 5.41) is 4.59. The van der Waals surface area contributed by atoms with Crippen molar-refractivity contribution in [1.82, 2.24) is 10.3 Å². The van der Waals surface area contributed by atoms with E-state index in [1.165, 1.54) is 0 Å². The number of hydrogen-bond acceptors (Lipinski definition) is 1. The summed E-state index contributed by atoms with van der Waals surface area (Å²) >= 11 is 5.90. The predicted octanol–water partition coefficient (Wildman–Crippen LogP) is 2.11. The molecule has 0 fully saturated rings. The molecule has 2 aromatic rings. The molecule has 0 saturated heterocycles. The van der Waals surface area contributed by atoms with Crippen molar-refractivity contribution >= 4 is 28.4 Å². The number of halogens is 1. The van der Waals surface area contributed by atoms with Gasteiger partial charge in [-0.15, -0.1) is 0 Å². The average molecular weight is 221 g/mol. The highest BCUT2D eigenvalue weighted by Gasteiger charge is 2.21. The van der Waals surface area contributed by atoms with E-state index in [9.17, 15) is 4.79 Å². The van der Waals surface area contributed by atoms with Crippen LogP contribution < -0.4 is 5.32 Å². The topological polar surface area (TPSA) is 44.9 Å². The lowest BCUT2D eigenvalue weighted by molar-refractivity contribution is 0.0942. The number of aromatic amines is 1. The molecule has 1 aromatic heterocycles. The van der Waals surface area contributed by atoms with Crippen LogP contribution in [0.25, 0.3) is 10.9 Å². The van der Waals surface area contributed by atoms with Crippen molar-refractivity contribution in [1.29, 1.82) is 0 Å². The highest BCUT2D eigenvalue weighted by molar-refractivity contribution is 6.31. The van der Waals surface area contributed by atoms with E-state index in [0.29, 0.717) is 17.3 Å². The number of H-pyrrole nitrogens is 1. The first-order valence-corrected chi connectivity index (χ1v) is 5.22. The molecule has 4 heteroatoms. The summed E-state index contributed by atoms with van der Waals surface area (Å²) in [6, 6.07) is 5.67. The minimum absolute atomic E-state index is 0.0245. The SMILES string of the molecule is O=C1NCCc2c1[nH]c1cc(Cl)ccc21. The van der Waals surface area contributed by atoms with Gasteiger partial charge in [-0.2, -0.15) is 0 Å². The summed E-state index contributed by atoms with van der Waals surface area (Å²) in [5.41, 5.74) is 2.72. The third-order valence-corrected chi connectivity index (χ3v) is 2.99. The van der Waals surface area contributed by atoms with Gasteiger partial charge in [0.2, 0.25) is 0 Å². The summed E-state index contributed by atoms with van der Waals surface area (Å²) in [6.45, 7) is 0.710. The number of carbonyl (C=O) groups is 1. The van der Waals surface area contributed by atoms with Crippen LogP contribution in [0.15, 0.2) is 18.2 Å². The molecule has 1 aromatic carbocycles. The molecule has 3 nitrogen and oxygen atoms in total. The molecule has 0 atom stereocenters. The van der Waals surface area contributed by atoms with Gasteiger partial charge in [0.15, 0.2) is 0 Å². The van der Waals surface area contributed by atoms with E-state index in [1.54, 1.807) is 0 Å². The fourth-order valence-corrected chi connectivity index (χ4v) is 2.24. The summed E-state index contributed by atoms with van der Waals surface area (Å²) in [7, 11) is 0. The lowest BCUT2D eigenvalue weighted by Gasteiger charge is -2.11. The summed E-state index contributed by atoms with van der Waals surface area (Å²) in [6.07, 6.45) is 0.878. The molecule has 15 heavy (non-hydrogen) atoms. The Morgan fingerprint density at radius 3 is 3.07 bits per heavy atom. The van der Waals surface area contributed by atoms with Crippen LogP contribution in [0.2, 0.25) is 5.02 Å². The van der Waals surface area contributed by atoms with Gasteiger partial charge in [-0.1, -0.05) is 17.7 Å². The minimum atomic E-state index is -0.0245. The first-order chi connectivity index (χ1) is 7.25. The largest absolute Gasteiger partial charge is 0.350 e. The van der Waals surface area contributed by atoms with Crippen molar-refractivity contribution in [3.05, 3.63) is 34.5 Å².